The molecule has 1 aliphatic carbocycles. The minimum absolute atomic E-state index is 0.0885. The molecule has 2 aliphatic rings. The Morgan fingerprint density at radius 2 is 2.26 bits per heavy atom. The first-order valence-electron chi connectivity index (χ1n) is 8.44. The number of amides is 1. The third-order valence-corrected chi connectivity index (χ3v) is 6.39. The molecule has 4 nitrogen and oxygen atoms in total. The van der Waals surface area contributed by atoms with E-state index < -0.39 is 5.60 Å². The van der Waals surface area contributed by atoms with E-state index in [-0.39, 0.29) is 11.8 Å². The topological polar surface area (TPSA) is 53.4 Å². The second kappa shape index (κ2) is 5.56. The van der Waals surface area contributed by atoms with Crippen LogP contribution < -0.4 is 0 Å². The van der Waals surface area contributed by atoms with Crippen LogP contribution in [0.4, 0.5) is 0 Å². The van der Waals surface area contributed by atoms with Crippen molar-refractivity contribution < 1.29 is 9.90 Å². The molecule has 1 saturated heterocycles. The Morgan fingerprint density at radius 1 is 1.39 bits per heavy atom. The lowest BCUT2D eigenvalue weighted by Gasteiger charge is -2.47. The molecule has 0 radical (unpaired) electrons. The number of nitrogens with zero attached hydrogens (tertiary/aromatic N) is 2. The van der Waals surface area contributed by atoms with Crippen molar-refractivity contribution in [3.8, 4) is 0 Å². The molecular weight excluding hydrogens is 308 g/mol. The summed E-state index contributed by atoms with van der Waals surface area (Å²) in [5.74, 6) is 0.328. The van der Waals surface area contributed by atoms with E-state index in [1.165, 1.54) is 6.42 Å². The highest BCUT2D eigenvalue weighted by Gasteiger charge is 2.43. The van der Waals surface area contributed by atoms with Crippen LogP contribution in [0.1, 0.15) is 47.5 Å². The van der Waals surface area contributed by atoms with Crippen molar-refractivity contribution in [2.24, 2.45) is 5.92 Å². The van der Waals surface area contributed by atoms with Crippen molar-refractivity contribution in [2.75, 3.05) is 13.1 Å². The number of carbonyl (C=O) groups is 1. The van der Waals surface area contributed by atoms with E-state index in [0.717, 1.165) is 40.1 Å². The van der Waals surface area contributed by atoms with Gasteiger partial charge in [-0.3, -0.25) is 4.79 Å². The fourth-order valence-corrected chi connectivity index (χ4v) is 4.98. The van der Waals surface area contributed by atoms with E-state index >= 15 is 0 Å². The van der Waals surface area contributed by atoms with Gasteiger partial charge < -0.3 is 10.0 Å². The molecule has 5 heteroatoms. The minimum atomic E-state index is -0.534. The number of hydrogen-bond acceptors (Lipinski definition) is 4. The predicted molar refractivity (Wildman–Crippen MR) is 91.8 cm³/mol. The van der Waals surface area contributed by atoms with Crippen LogP contribution in [-0.4, -0.2) is 39.6 Å². The highest BCUT2D eigenvalue weighted by molar-refractivity contribution is 7.18. The van der Waals surface area contributed by atoms with Gasteiger partial charge in [0.1, 0.15) is 0 Å². The van der Waals surface area contributed by atoms with Crippen LogP contribution in [0, 0.1) is 12.8 Å². The maximum atomic E-state index is 12.9. The molecule has 4 rings (SSSR count). The lowest BCUT2D eigenvalue weighted by atomic mass is 9.71. The van der Waals surface area contributed by atoms with Gasteiger partial charge in [0.2, 0.25) is 0 Å². The summed E-state index contributed by atoms with van der Waals surface area (Å²) >= 11 is 1.63. The summed E-state index contributed by atoms with van der Waals surface area (Å²) in [6.45, 7) is 3.33. The van der Waals surface area contributed by atoms with Crippen molar-refractivity contribution in [1.29, 1.82) is 0 Å². The summed E-state index contributed by atoms with van der Waals surface area (Å²) in [6.07, 6.45) is 4.92. The monoisotopic (exact) mass is 330 g/mol. The third-order valence-electron chi connectivity index (χ3n) is 5.46. The molecule has 2 atom stereocenters. The van der Waals surface area contributed by atoms with Crippen molar-refractivity contribution in [2.45, 2.75) is 44.6 Å². The van der Waals surface area contributed by atoms with Gasteiger partial charge in [0, 0.05) is 24.6 Å². The molecule has 2 heterocycles. The van der Waals surface area contributed by atoms with Gasteiger partial charge in [0.15, 0.2) is 0 Å². The molecule has 2 unspecified atom stereocenters. The first kappa shape index (κ1) is 15.1. The number of carbonyl (C=O) groups excluding carboxylic acids is 1. The van der Waals surface area contributed by atoms with Crippen LogP contribution in [-0.2, 0) is 0 Å². The molecule has 1 aliphatic heterocycles. The van der Waals surface area contributed by atoms with E-state index in [0.29, 0.717) is 19.5 Å². The van der Waals surface area contributed by atoms with Crippen LogP contribution in [0.25, 0.3) is 10.2 Å². The number of piperidine rings is 1. The molecular formula is C18H22N2O2S. The SMILES string of the molecule is Cc1nc2ccc(C(=O)N3CCC4(O)CCCCC4C3)cc2s1. The number of rotatable bonds is 1. The van der Waals surface area contributed by atoms with E-state index in [1.54, 1.807) is 11.3 Å². The summed E-state index contributed by atoms with van der Waals surface area (Å²) < 4.78 is 1.07. The number of thiazole rings is 1. The summed E-state index contributed by atoms with van der Waals surface area (Å²) in [6, 6.07) is 5.78. The molecule has 1 amide bonds. The highest BCUT2D eigenvalue weighted by atomic mass is 32.1. The molecule has 1 saturated carbocycles. The van der Waals surface area contributed by atoms with Crippen molar-refractivity contribution in [3.05, 3.63) is 28.8 Å². The number of aryl methyl sites for hydroxylation is 1. The Kier molecular flexibility index (Phi) is 3.65. The van der Waals surface area contributed by atoms with Crippen LogP contribution in [0.5, 0.6) is 0 Å². The lowest BCUT2D eigenvalue weighted by Crippen LogP contribution is -2.54. The zero-order valence-corrected chi connectivity index (χ0v) is 14.2. The van der Waals surface area contributed by atoms with E-state index in [1.807, 2.05) is 30.0 Å². The second-order valence-corrected chi connectivity index (χ2v) is 8.20. The molecule has 122 valence electrons. The largest absolute Gasteiger partial charge is 0.389 e. The summed E-state index contributed by atoms with van der Waals surface area (Å²) in [5, 5.41) is 11.8. The normalized spacial score (nSPS) is 27.9. The molecule has 2 aromatic rings. The Morgan fingerprint density at radius 3 is 3.13 bits per heavy atom. The van der Waals surface area contributed by atoms with Crippen molar-refractivity contribution in [3.63, 3.8) is 0 Å². The molecule has 1 aromatic carbocycles. The Labute approximate surface area is 140 Å². The van der Waals surface area contributed by atoms with Gasteiger partial charge in [0.25, 0.3) is 5.91 Å². The average molecular weight is 330 g/mol. The number of aliphatic hydroxyl groups is 1. The number of hydrogen-bond donors (Lipinski definition) is 1. The highest BCUT2D eigenvalue weighted by Crippen LogP contribution is 2.40. The molecule has 0 bridgehead atoms. The van der Waals surface area contributed by atoms with Gasteiger partial charge in [-0.25, -0.2) is 4.98 Å². The molecule has 0 spiro atoms. The summed E-state index contributed by atoms with van der Waals surface area (Å²) in [5.41, 5.74) is 1.17. The Bertz CT molecular complexity index is 757. The minimum Gasteiger partial charge on any atom is -0.389 e. The zero-order valence-electron chi connectivity index (χ0n) is 13.4. The fourth-order valence-electron chi connectivity index (χ4n) is 4.11. The summed E-state index contributed by atoms with van der Waals surface area (Å²) in [4.78, 5) is 19.2. The molecule has 2 fully saturated rings. The van der Waals surface area contributed by atoms with Crippen molar-refractivity contribution >= 4 is 27.5 Å². The first-order valence-corrected chi connectivity index (χ1v) is 9.26. The van der Waals surface area contributed by atoms with Crippen LogP contribution in [0.2, 0.25) is 0 Å². The van der Waals surface area contributed by atoms with Gasteiger partial charge in [-0.2, -0.15) is 0 Å². The number of benzene rings is 1. The number of aromatic nitrogens is 1. The second-order valence-electron chi connectivity index (χ2n) is 6.96. The van der Waals surface area contributed by atoms with Gasteiger partial charge >= 0.3 is 0 Å². The molecule has 1 N–H and O–H groups in total. The van der Waals surface area contributed by atoms with Gasteiger partial charge in [-0.05, 0) is 44.4 Å². The van der Waals surface area contributed by atoms with E-state index in [2.05, 4.69) is 4.98 Å². The maximum absolute atomic E-state index is 12.9. The first-order chi connectivity index (χ1) is 11.0. The average Bonchev–Trinajstić information content (AvgIpc) is 2.92. The fraction of sp³-hybridized carbons (Fsp3) is 0.556. The van der Waals surface area contributed by atoms with Crippen LogP contribution >= 0.6 is 11.3 Å². The van der Waals surface area contributed by atoms with Crippen LogP contribution in [0.15, 0.2) is 18.2 Å². The predicted octanol–water partition coefficient (Wildman–Crippen LogP) is 3.37. The smallest absolute Gasteiger partial charge is 0.253 e. The molecule has 1 aromatic heterocycles. The quantitative estimate of drug-likeness (QED) is 0.872. The van der Waals surface area contributed by atoms with E-state index in [9.17, 15) is 9.90 Å². The standard InChI is InChI=1S/C18H22N2O2S/c1-12-19-15-6-5-13(10-16(15)23-12)17(21)20-9-8-18(22)7-3-2-4-14(18)11-20/h5-6,10,14,22H,2-4,7-9,11H2,1H3. The van der Waals surface area contributed by atoms with Crippen molar-refractivity contribution in [1.82, 2.24) is 9.88 Å². The Balaban J connectivity index is 1.56. The number of fused-ring (bicyclic) bond motifs is 2. The van der Waals surface area contributed by atoms with Gasteiger partial charge in [0.05, 0.1) is 20.8 Å². The van der Waals surface area contributed by atoms with Gasteiger partial charge in [-0.1, -0.05) is 12.8 Å². The maximum Gasteiger partial charge on any atom is 0.253 e. The van der Waals surface area contributed by atoms with E-state index in [4.69, 9.17) is 0 Å². The van der Waals surface area contributed by atoms with Gasteiger partial charge in [-0.15, -0.1) is 11.3 Å². The molecule has 23 heavy (non-hydrogen) atoms. The lowest BCUT2D eigenvalue weighted by molar-refractivity contribution is -0.0886. The Hall–Kier alpha value is -1.46. The zero-order chi connectivity index (χ0) is 16.0. The number of likely N-dealkylation sites (tertiary alicyclic amines) is 1. The third kappa shape index (κ3) is 2.66. The van der Waals surface area contributed by atoms with Crippen LogP contribution in [0.3, 0.4) is 0 Å². The summed E-state index contributed by atoms with van der Waals surface area (Å²) in [7, 11) is 0.